The van der Waals surface area contributed by atoms with E-state index in [2.05, 4.69) is 228 Å². The van der Waals surface area contributed by atoms with Gasteiger partial charge in [-0.25, -0.2) is 0 Å². The number of hydrogen-bond donors (Lipinski definition) is 0. The number of fused-ring (bicyclic) bond motifs is 6. The normalized spacial score (nSPS) is 12.7. The topological polar surface area (TPSA) is 28.9 Å². The molecule has 0 N–H and O–H groups in total. The second-order valence-electron chi connectivity index (χ2n) is 14.8. The van der Waals surface area contributed by atoms with E-state index in [0.717, 1.165) is 11.5 Å². The highest BCUT2D eigenvalue weighted by Crippen LogP contribution is 2.49. The van der Waals surface area contributed by atoms with Crippen molar-refractivity contribution in [1.29, 1.82) is 0 Å². The van der Waals surface area contributed by atoms with Gasteiger partial charge in [-0.05, 0) is 95.1 Å². The lowest BCUT2D eigenvalue weighted by Crippen LogP contribution is -2.25. The summed E-state index contributed by atoms with van der Waals surface area (Å²) < 4.78 is 15.4. The molecule has 7 heteroatoms. The van der Waals surface area contributed by atoms with Gasteiger partial charge < -0.3 is 22.1 Å². The van der Waals surface area contributed by atoms with Gasteiger partial charge in [0, 0.05) is 41.3 Å². The highest BCUT2D eigenvalue weighted by Gasteiger charge is 2.35. The summed E-state index contributed by atoms with van der Waals surface area (Å²) in [7, 11) is 1.13. The molecule has 10 aromatic rings. The number of ether oxygens (including phenoxy) is 1. The Morgan fingerprint density at radius 1 is 0.375 bits per heavy atom. The van der Waals surface area contributed by atoms with Crippen molar-refractivity contribution in [3.05, 3.63) is 205 Å². The van der Waals surface area contributed by atoms with Crippen LogP contribution in [0.4, 0.5) is 0 Å². The van der Waals surface area contributed by atoms with Crippen LogP contribution in [-0.4, -0.2) is 17.4 Å². The average Bonchev–Trinajstić information content (AvgIpc) is 4.03. The van der Waals surface area contributed by atoms with Crippen molar-refractivity contribution in [2.45, 2.75) is 33.1 Å². The highest BCUT2D eigenvalue weighted by atomic mass is 31.1. The lowest BCUT2D eigenvalue weighted by molar-refractivity contribution is 0.412. The molecular formula is C49H44N4OP2. The zero-order valence-corrected chi connectivity index (χ0v) is 34.0. The van der Waals surface area contributed by atoms with Gasteiger partial charge in [0.15, 0.2) is 0 Å². The first-order valence-electron chi connectivity index (χ1n) is 19.0. The van der Waals surface area contributed by atoms with Crippen molar-refractivity contribution in [3.63, 3.8) is 0 Å². The van der Waals surface area contributed by atoms with E-state index in [0.29, 0.717) is 17.8 Å². The predicted molar refractivity (Wildman–Crippen MR) is 241 cm³/mol. The van der Waals surface area contributed by atoms with Crippen LogP contribution in [0, 0.1) is 13.8 Å². The van der Waals surface area contributed by atoms with Gasteiger partial charge in [-0.15, -0.1) is 0 Å². The predicted octanol–water partition coefficient (Wildman–Crippen LogP) is 13.7. The third-order valence-corrected chi connectivity index (χ3v) is 13.2. The van der Waals surface area contributed by atoms with Crippen LogP contribution in [0.25, 0.3) is 43.6 Å². The number of nitrogens with zero attached hydrogens (tertiary/aromatic N) is 4. The lowest BCUT2D eigenvalue weighted by atomic mass is 9.74. The molecule has 0 bridgehead atoms. The van der Waals surface area contributed by atoms with Gasteiger partial charge in [-0.1, -0.05) is 123 Å². The molecule has 0 amide bonds. The summed E-state index contributed by atoms with van der Waals surface area (Å²) in [6.07, 6.45) is 8.66. The first-order chi connectivity index (χ1) is 27.3. The Kier molecular flexibility index (Phi) is 9.59. The standard InChI is InChI=1S/C17H18O.2C16H13N2P/c1-11-7-5-9-13-15(11)18-16-12(2)8-6-10-14(16)17(13,3)4;2*1-3-7-15-13(5-1)9-11-17(15)19-18-12-10-14-6-2-4-8-16(14)18/h5-10H,1-4H3;2*1-12,19H. The lowest BCUT2D eigenvalue weighted by Gasteiger charge is -2.35. The molecule has 276 valence electrons. The van der Waals surface area contributed by atoms with E-state index in [1.807, 2.05) is 0 Å². The molecule has 5 heterocycles. The molecular weight excluding hydrogens is 723 g/mol. The van der Waals surface area contributed by atoms with E-state index in [1.165, 1.54) is 65.9 Å². The van der Waals surface area contributed by atoms with Crippen LogP contribution in [-0.2, 0) is 5.41 Å². The second kappa shape index (κ2) is 15.0. The average molecular weight is 767 g/mol. The number of para-hydroxylation sites is 6. The van der Waals surface area contributed by atoms with Crippen molar-refractivity contribution in [1.82, 2.24) is 17.4 Å². The molecule has 6 aromatic carbocycles. The van der Waals surface area contributed by atoms with Crippen LogP contribution in [0.3, 0.4) is 0 Å². The second-order valence-corrected chi connectivity index (χ2v) is 17.1. The number of aromatic nitrogens is 4. The fourth-order valence-corrected chi connectivity index (χ4v) is 9.99. The molecule has 0 radical (unpaired) electrons. The molecule has 4 aromatic heterocycles. The van der Waals surface area contributed by atoms with Gasteiger partial charge in [0.05, 0.1) is 39.8 Å². The fourth-order valence-electron chi connectivity index (χ4n) is 7.72. The van der Waals surface area contributed by atoms with Crippen LogP contribution in [0.15, 0.2) is 183 Å². The Balaban J connectivity index is 0.000000110. The van der Waals surface area contributed by atoms with Gasteiger partial charge in [-0.2, -0.15) is 0 Å². The molecule has 0 saturated heterocycles. The number of hydrogen-bond acceptors (Lipinski definition) is 1. The molecule has 0 spiro atoms. The third kappa shape index (κ3) is 6.72. The van der Waals surface area contributed by atoms with Crippen molar-refractivity contribution in [2.24, 2.45) is 0 Å². The molecule has 1 aliphatic heterocycles. The quantitative estimate of drug-likeness (QED) is 0.164. The summed E-state index contributed by atoms with van der Waals surface area (Å²) in [5, 5.41) is 5.19. The molecule has 0 unspecified atom stereocenters. The van der Waals surface area contributed by atoms with Gasteiger partial charge in [0.1, 0.15) is 11.5 Å². The molecule has 0 saturated carbocycles. The molecule has 0 fully saturated rings. The minimum Gasteiger partial charge on any atom is -0.456 e. The van der Waals surface area contributed by atoms with Gasteiger partial charge >= 0.3 is 0 Å². The Morgan fingerprint density at radius 2 is 0.679 bits per heavy atom. The first-order valence-corrected chi connectivity index (χ1v) is 20.8. The summed E-state index contributed by atoms with van der Waals surface area (Å²) in [6, 6.07) is 55.5. The first kappa shape index (κ1) is 35.8. The maximum Gasteiger partial charge on any atom is 0.134 e. The molecule has 0 aliphatic carbocycles. The van der Waals surface area contributed by atoms with E-state index in [-0.39, 0.29) is 5.41 Å². The highest BCUT2D eigenvalue weighted by molar-refractivity contribution is 7.35. The minimum atomic E-state index is 0.000949. The summed E-state index contributed by atoms with van der Waals surface area (Å²) in [5.74, 6) is 2.06. The van der Waals surface area contributed by atoms with Gasteiger partial charge in [0.2, 0.25) is 0 Å². The van der Waals surface area contributed by atoms with E-state index < -0.39 is 0 Å². The Bertz CT molecular complexity index is 2640. The number of benzene rings is 6. The molecule has 56 heavy (non-hydrogen) atoms. The monoisotopic (exact) mass is 766 g/mol. The molecule has 11 rings (SSSR count). The molecule has 0 atom stereocenters. The number of rotatable bonds is 4. The Labute approximate surface area is 331 Å². The van der Waals surface area contributed by atoms with Crippen molar-refractivity contribution in [2.75, 3.05) is 0 Å². The van der Waals surface area contributed by atoms with Crippen LogP contribution in [0.1, 0.15) is 36.1 Å². The molecule has 5 nitrogen and oxygen atoms in total. The Morgan fingerprint density at radius 3 is 1.00 bits per heavy atom. The summed E-state index contributed by atoms with van der Waals surface area (Å²) in [6.45, 7) is 8.76. The summed E-state index contributed by atoms with van der Waals surface area (Å²) >= 11 is 0. The van der Waals surface area contributed by atoms with E-state index in [9.17, 15) is 0 Å². The van der Waals surface area contributed by atoms with E-state index >= 15 is 0 Å². The molecule has 1 aliphatic rings. The maximum atomic E-state index is 6.17. The smallest absolute Gasteiger partial charge is 0.134 e. The zero-order chi connectivity index (χ0) is 38.2. The van der Waals surface area contributed by atoms with Crippen molar-refractivity contribution < 1.29 is 4.74 Å². The third-order valence-electron chi connectivity index (χ3n) is 10.8. The van der Waals surface area contributed by atoms with E-state index in [1.54, 1.807) is 0 Å². The fraction of sp³-hybridized carbons (Fsp3) is 0.102. The number of aryl methyl sites for hydroxylation is 2. The summed E-state index contributed by atoms with van der Waals surface area (Å²) in [5.41, 5.74) is 10.1. The van der Waals surface area contributed by atoms with Crippen LogP contribution in [0.2, 0.25) is 0 Å². The largest absolute Gasteiger partial charge is 0.456 e. The van der Waals surface area contributed by atoms with Gasteiger partial charge in [-0.3, -0.25) is 0 Å². The Hall–Kier alpha value is -5.86. The van der Waals surface area contributed by atoms with Gasteiger partial charge in [0.25, 0.3) is 0 Å². The van der Waals surface area contributed by atoms with Crippen molar-refractivity contribution >= 4 is 61.4 Å². The zero-order valence-electron chi connectivity index (χ0n) is 32.0. The minimum absolute atomic E-state index is 0.000949. The maximum absolute atomic E-state index is 6.17. The van der Waals surface area contributed by atoms with Crippen molar-refractivity contribution in [3.8, 4) is 11.5 Å². The van der Waals surface area contributed by atoms with Crippen LogP contribution >= 0.6 is 17.8 Å². The van der Waals surface area contributed by atoms with Crippen LogP contribution in [0.5, 0.6) is 11.5 Å². The van der Waals surface area contributed by atoms with Crippen LogP contribution < -0.4 is 4.74 Å². The van der Waals surface area contributed by atoms with E-state index in [4.69, 9.17) is 4.74 Å². The summed E-state index contributed by atoms with van der Waals surface area (Å²) in [4.78, 5) is 0. The SMILES string of the molecule is Cc1cccc2c1Oc1c(C)cccc1C2(C)C.c1ccc2c(c1)ccn2Pn1ccc2ccccc21.c1ccc2c(c1)ccn2Pn1ccc2ccccc21.